The topological polar surface area (TPSA) is 66.4 Å². The largest absolute Gasteiger partial charge is 0.316 e. The van der Waals surface area contributed by atoms with Crippen LogP contribution < -0.4 is 10.7 Å². The molecule has 7 heteroatoms. The first-order valence-corrected chi connectivity index (χ1v) is 9.11. The zero-order valence-corrected chi connectivity index (χ0v) is 15.9. The van der Waals surface area contributed by atoms with Crippen LogP contribution in [0.1, 0.15) is 18.1 Å². The van der Waals surface area contributed by atoms with Crippen LogP contribution in [-0.4, -0.2) is 17.1 Å². The van der Waals surface area contributed by atoms with Crippen LogP contribution in [0.3, 0.4) is 0 Å². The number of halogens is 1. The van der Waals surface area contributed by atoms with E-state index >= 15 is 0 Å². The molecule has 3 rings (SSSR count). The van der Waals surface area contributed by atoms with Crippen molar-refractivity contribution in [1.82, 2.24) is 4.98 Å². The molecule has 0 unspecified atom stereocenters. The van der Waals surface area contributed by atoms with E-state index in [0.717, 1.165) is 16.7 Å². The molecule has 1 heterocycles. The summed E-state index contributed by atoms with van der Waals surface area (Å²) in [5.74, 6) is -0.145. The molecular weight excluding hydrogens is 368 g/mol. The minimum absolute atomic E-state index is 0.145. The quantitative estimate of drug-likeness (QED) is 0.470. The summed E-state index contributed by atoms with van der Waals surface area (Å²) in [6, 6.07) is 15.4. The Hall–Kier alpha value is -2.70. The van der Waals surface area contributed by atoms with Gasteiger partial charge >= 0.3 is 0 Å². The molecule has 3 aromatic rings. The number of amides is 1. The van der Waals surface area contributed by atoms with Crippen molar-refractivity contribution in [1.29, 1.82) is 0 Å². The van der Waals surface area contributed by atoms with Crippen molar-refractivity contribution in [2.75, 3.05) is 10.7 Å². The smallest absolute Gasteiger partial charge is 0.221 e. The number of aromatic nitrogens is 1. The average molecular weight is 385 g/mol. The van der Waals surface area contributed by atoms with Crippen LogP contribution in [0, 0.1) is 6.92 Å². The van der Waals surface area contributed by atoms with Crippen molar-refractivity contribution >= 4 is 45.2 Å². The van der Waals surface area contributed by atoms with Gasteiger partial charge in [0.15, 0.2) is 0 Å². The Morgan fingerprint density at radius 1 is 1.19 bits per heavy atom. The molecule has 26 heavy (non-hydrogen) atoms. The van der Waals surface area contributed by atoms with E-state index in [4.69, 9.17) is 11.6 Å². The third kappa shape index (κ3) is 4.47. The van der Waals surface area contributed by atoms with Gasteiger partial charge in [0.05, 0.1) is 6.21 Å². The predicted octanol–water partition coefficient (Wildman–Crippen LogP) is 5.18. The maximum absolute atomic E-state index is 11.5. The van der Waals surface area contributed by atoms with Crippen LogP contribution in [0.2, 0.25) is 5.02 Å². The lowest BCUT2D eigenvalue weighted by Crippen LogP contribution is -2.05. The molecule has 132 valence electrons. The Balaban J connectivity index is 1.85. The fourth-order valence-electron chi connectivity index (χ4n) is 2.26. The third-order valence-electron chi connectivity index (χ3n) is 3.51. The zero-order chi connectivity index (χ0) is 18.5. The molecule has 5 nitrogen and oxygen atoms in total. The Morgan fingerprint density at radius 2 is 1.92 bits per heavy atom. The van der Waals surface area contributed by atoms with Crippen molar-refractivity contribution in [2.24, 2.45) is 5.10 Å². The first kappa shape index (κ1) is 18.1. The molecule has 1 aromatic heterocycles. The van der Waals surface area contributed by atoms with E-state index in [9.17, 15) is 4.79 Å². The normalized spacial score (nSPS) is 10.9. The van der Waals surface area contributed by atoms with Crippen LogP contribution in [0.25, 0.3) is 11.3 Å². The number of carbonyl (C=O) groups excluding carboxylic acids is 1. The summed E-state index contributed by atoms with van der Waals surface area (Å²) in [7, 11) is 0. The van der Waals surface area contributed by atoms with Gasteiger partial charge in [-0.3, -0.25) is 10.2 Å². The fourth-order valence-corrected chi connectivity index (χ4v) is 3.32. The van der Waals surface area contributed by atoms with Crippen LogP contribution in [0.5, 0.6) is 0 Å². The van der Waals surface area contributed by atoms with E-state index in [1.54, 1.807) is 12.3 Å². The highest BCUT2D eigenvalue weighted by Crippen LogP contribution is 2.36. The maximum atomic E-state index is 11.5. The highest BCUT2D eigenvalue weighted by atomic mass is 35.5. The van der Waals surface area contributed by atoms with Gasteiger partial charge in [0, 0.05) is 23.1 Å². The number of carbonyl (C=O) groups is 1. The molecular formula is C19H17ClN4OS. The first-order chi connectivity index (χ1) is 12.5. The molecule has 0 aliphatic heterocycles. The first-order valence-electron chi connectivity index (χ1n) is 7.92. The van der Waals surface area contributed by atoms with Crippen molar-refractivity contribution < 1.29 is 4.79 Å². The number of hydrogen-bond acceptors (Lipinski definition) is 5. The Morgan fingerprint density at radius 3 is 2.62 bits per heavy atom. The molecule has 0 saturated heterocycles. The molecule has 0 fully saturated rings. The summed E-state index contributed by atoms with van der Waals surface area (Å²) >= 11 is 7.43. The van der Waals surface area contributed by atoms with Gasteiger partial charge in [-0.05, 0) is 13.0 Å². The Labute approximate surface area is 160 Å². The molecule has 0 radical (unpaired) electrons. The van der Waals surface area contributed by atoms with E-state index in [2.05, 4.69) is 20.8 Å². The van der Waals surface area contributed by atoms with Crippen molar-refractivity contribution in [3.63, 3.8) is 0 Å². The number of aryl methyl sites for hydroxylation is 1. The molecule has 0 atom stereocenters. The second-order valence-corrected chi connectivity index (χ2v) is 7.04. The van der Waals surface area contributed by atoms with Gasteiger partial charge in [-0.2, -0.15) is 5.10 Å². The molecule has 0 saturated carbocycles. The number of hydrogen-bond donors (Lipinski definition) is 2. The lowest BCUT2D eigenvalue weighted by atomic mass is 10.1. The number of anilines is 2. The molecule has 2 aromatic carbocycles. The van der Waals surface area contributed by atoms with Gasteiger partial charge in [0.25, 0.3) is 0 Å². The van der Waals surface area contributed by atoms with Crippen molar-refractivity contribution in [3.05, 3.63) is 64.7 Å². The highest BCUT2D eigenvalue weighted by Gasteiger charge is 2.14. The van der Waals surface area contributed by atoms with Crippen molar-refractivity contribution in [3.8, 4) is 11.3 Å². The summed E-state index contributed by atoms with van der Waals surface area (Å²) in [6.45, 7) is 3.50. The van der Waals surface area contributed by atoms with Gasteiger partial charge in [0.1, 0.15) is 10.7 Å². The minimum atomic E-state index is -0.145. The van der Waals surface area contributed by atoms with E-state index < -0.39 is 0 Å². The van der Waals surface area contributed by atoms with Crippen LogP contribution in [-0.2, 0) is 4.79 Å². The summed E-state index contributed by atoms with van der Waals surface area (Å²) in [5, 5.41) is 8.89. The summed E-state index contributed by atoms with van der Waals surface area (Å²) in [4.78, 5) is 16.1. The van der Waals surface area contributed by atoms with E-state index in [-0.39, 0.29) is 5.91 Å². The second kappa shape index (κ2) is 8.12. The van der Waals surface area contributed by atoms with E-state index in [0.29, 0.717) is 20.8 Å². The number of rotatable bonds is 5. The summed E-state index contributed by atoms with van der Waals surface area (Å²) in [5.41, 5.74) is 6.51. The summed E-state index contributed by atoms with van der Waals surface area (Å²) < 4.78 is 0. The average Bonchev–Trinajstić information content (AvgIpc) is 2.99. The Kier molecular flexibility index (Phi) is 5.65. The van der Waals surface area contributed by atoms with Crippen molar-refractivity contribution in [2.45, 2.75) is 13.8 Å². The standard InChI is InChI=1S/C19H17ClN4OS/c1-12-7-9-14(10-8-12)17-18(22-13(2)25)26-19(23-17)24-21-11-15-5-3-4-6-16(15)20/h3-11H,1-2H3,(H,22,25)(H,23,24)/b21-11+. The monoisotopic (exact) mass is 384 g/mol. The van der Waals surface area contributed by atoms with Crippen LogP contribution in [0.15, 0.2) is 53.6 Å². The third-order valence-corrected chi connectivity index (χ3v) is 4.73. The van der Waals surface area contributed by atoms with Crippen LogP contribution in [0.4, 0.5) is 10.1 Å². The van der Waals surface area contributed by atoms with Crippen LogP contribution >= 0.6 is 22.9 Å². The minimum Gasteiger partial charge on any atom is -0.316 e. The number of thiazole rings is 1. The molecule has 2 N–H and O–H groups in total. The van der Waals surface area contributed by atoms with Gasteiger partial charge in [-0.15, -0.1) is 0 Å². The van der Waals surface area contributed by atoms with Gasteiger partial charge in [-0.25, -0.2) is 4.98 Å². The second-order valence-electron chi connectivity index (χ2n) is 5.64. The number of nitrogens with zero attached hydrogens (tertiary/aromatic N) is 2. The number of benzene rings is 2. The molecule has 1 amide bonds. The zero-order valence-electron chi connectivity index (χ0n) is 14.3. The maximum Gasteiger partial charge on any atom is 0.221 e. The Bertz CT molecular complexity index is 950. The SMILES string of the molecule is CC(=O)Nc1sc(N/N=C/c2ccccc2Cl)nc1-c1ccc(C)cc1. The lowest BCUT2D eigenvalue weighted by Gasteiger charge is -2.02. The van der Waals surface area contributed by atoms with Gasteiger partial charge in [-0.1, -0.05) is 71.0 Å². The molecule has 0 bridgehead atoms. The summed E-state index contributed by atoms with van der Waals surface area (Å²) in [6.07, 6.45) is 1.63. The van der Waals surface area contributed by atoms with E-state index in [1.165, 1.54) is 18.3 Å². The fraction of sp³-hybridized carbons (Fsp3) is 0.105. The van der Waals surface area contributed by atoms with Gasteiger partial charge in [0.2, 0.25) is 11.0 Å². The molecule has 0 spiro atoms. The predicted molar refractivity (Wildman–Crippen MR) is 109 cm³/mol. The highest BCUT2D eigenvalue weighted by molar-refractivity contribution is 7.20. The van der Waals surface area contributed by atoms with E-state index in [1.807, 2.05) is 49.4 Å². The lowest BCUT2D eigenvalue weighted by molar-refractivity contribution is -0.114. The molecule has 0 aliphatic rings. The molecule has 0 aliphatic carbocycles. The van der Waals surface area contributed by atoms with Gasteiger partial charge < -0.3 is 5.32 Å². The number of hydrazone groups is 1. The number of nitrogens with one attached hydrogen (secondary N) is 2.